The second-order valence-electron chi connectivity index (χ2n) is 3.71. The molecule has 3 N–H and O–H groups in total. The van der Waals surface area contributed by atoms with Gasteiger partial charge in [0.25, 0.3) is 0 Å². The van der Waals surface area contributed by atoms with E-state index in [9.17, 15) is 19.4 Å². The van der Waals surface area contributed by atoms with Crippen molar-refractivity contribution in [1.29, 1.82) is 0 Å². The van der Waals surface area contributed by atoms with Gasteiger partial charge in [0.15, 0.2) is 6.10 Å². The summed E-state index contributed by atoms with van der Waals surface area (Å²) in [5.41, 5.74) is 0. The summed E-state index contributed by atoms with van der Waals surface area (Å²) in [4.78, 5) is 12.3. The molecular weight excluding hydrogens is 209 g/mol. The molecule has 0 saturated carbocycles. The summed E-state index contributed by atoms with van der Waals surface area (Å²) in [5, 5.41) is 28.1. The van der Waals surface area contributed by atoms with E-state index in [0.717, 1.165) is 4.90 Å². The van der Waals surface area contributed by atoms with Gasteiger partial charge in [0.2, 0.25) is 0 Å². The lowest BCUT2D eigenvalue weighted by Gasteiger charge is -2.20. The fourth-order valence-electron chi connectivity index (χ4n) is 2.21. The smallest absolute Gasteiger partial charge is 0.411 e. The van der Waals surface area contributed by atoms with Crippen LogP contribution in [0.4, 0.5) is 9.18 Å². The average Bonchev–Trinajstić information content (AvgIpc) is 2.67. The Bertz CT molecular complexity index is 276. The molecule has 7 heteroatoms. The number of rotatable bonds is 2. The maximum absolute atomic E-state index is 12.5. The van der Waals surface area contributed by atoms with E-state index in [4.69, 9.17) is 5.11 Å². The minimum absolute atomic E-state index is 0.497. The average molecular weight is 221 g/mol. The number of ether oxygens (including phenoxy) is 1. The van der Waals surface area contributed by atoms with Gasteiger partial charge in [-0.3, -0.25) is 4.90 Å². The molecule has 2 rings (SSSR count). The maximum atomic E-state index is 12.5. The predicted octanol–water partition coefficient (Wildman–Crippen LogP) is -1.76. The first-order chi connectivity index (χ1) is 7.11. The fourth-order valence-corrected chi connectivity index (χ4v) is 2.21. The lowest BCUT2D eigenvalue weighted by molar-refractivity contribution is -0.00613. The molecule has 2 heterocycles. The third-order valence-electron chi connectivity index (χ3n) is 2.96. The number of amides is 1. The van der Waals surface area contributed by atoms with E-state index in [-0.39, 0.29) is 0 Å². The number of aliphatic hydroxyl groups is 3. The van der Waals surface area contributed by atoms with E-state index in [1.54, 1.807) is 0 Å². The van der Waals surface area contributed by atoms with Gasteiger partial charge in [-0.1, -0.05) is 0 Å². The largest absolute Gasteiger partial charge is 0.441 e. The number of nitrogens with zero attached hydrogens (tertiary/aromatic N) is 1. The van der Waals surface area contributed by atoms with Crippen LogP contribution in [-0.4, -0.2) is 70.0 Å². The molecule has 2 aliphatic heterocycles. The molecule has 2 fully saturated rings. The number of fused-ring (bicyclic) bond motifs is 1. The van der Waals surface area contributed by atoms with Crippen molar-refractivity contribution >= 4 is 6.09 Å². The SMILES string of the molecule is O=C1O[C@@H](CF)[C@H]2[C@H](O)[C@@H](O)[C@H](CO)N12. The van der Waals surface area contributed by atoms with Crippen molar-refractivity contribution in [2.45, 2.75) is 30.4 Å². The van der Waals surface area contributed by atoms with Crippen molar-refractivity contribution in [3.8, 4) is 0 Å². The Kier molecular flexibility index (Phi) is 2.53. The van der Waals surface area contributed by atoms with Crippen molar-refractivity contribution in [2.75, 3.05) is 13.3 Å². The molecule has 6 nitrogen and oxygen atoms in total. The van der Waals surface area contributed by atoms with E-state index in [2.05, 4.69) is 4.74 Å². The second kappa shape index (κ2) is 3.58. The van der Waals surface area contributed by atoms with Gasteiger partial charge in [-0.05, 0) is 0 Å². The Morgan fingerprint density at radius 1 is 1.40 bits per heavy atom. The quantitative estimate of drug-likeness (QED) is 0.514. The lowest BCUT2D eigenvalue weighted by atomic mass is 10.0. The number of hydrogen-bond acceptors (Lipinski definition) is 5. The first kappa shape index (κ1) is 10.6. The summed E-state index contributed by atoms with van der Waals surface area (Å²) in [6, 6.07) is -1.83. The van der Waals surface area contributed by atoms with Crippen LogP contribution < -0.4 is 0 Å². The summed E-state index contributed by atoms with van der Waals surface area (Å²) < 4.78 is 17.1. The highest BCUT2D eigenvalue weighted by Crippen LogP contribution is 2.34. The van der Waals surface area contributed by atoms with Gasteiger partial charge in [0.1, 0.15) is 24.9 Å². The molecule has 0 spiro atoms. The van der Waals surface area contributed by atoms with Gasteiger partial charge >= 0.3 is 6.09 Å². The molecule has 15 heavy (non-hydrogen) atoms. The van der Waals surface area contributed by atoms with Gasteiger partial charge in [-0.25, -0.2) is 9.18 Å². The monoisotopic (exact) mass is 221 g/mol. The zero-order valence-corrected chi connectivity index (χ0v) is 7.78. The minimum Gasteiger partial charge on any atom is -0.441 e. The van der Waals surface area contributed by atoms with Gasteiger partial charge < -0.3 is 20.1 Å². The summed E-state index contributed by atoms with van der Waals surface area (Å²) >= 11 is 0. The van der Waals surface area contributed by atoms with Crippen molar-refractivity contribution in [3.05, 3.63) is 0 Å². The molecule has 0 aliphatic carbocycles. The first-order valence-electron chi connectivity index (χ1n) is 4.63. The minimum atomic E-state index is -1.28. The van der Waals surface area contributed by atoms with E-state index in [0.29, 0.717) is 0 Å². The Morgan fingerprint density at radius 3 is 2.60 bits per heavy atom. The highest BCUT2D eigenvalue weighted by atomic mass is 19.1. The van der Waals surface area contributed by atoms with Gasteiger partial charge in [-0.15, -0.1) is 0 Å². The highest BCUT2D eigenvalue weighted by molar-refractivity contribution is 5.72. The molecule has 0 aromatic heterocycles. The Hall–Kier alpha value is -0.920. The molecule has 5 atom stereocenters. The van der Waals surface area contributed by atoms with Crippen LogP contribution in [-0.2, 0) is 4.74 Å². The Labute approximate surface area is 84.9 Å². The van der Waals surface area contributed by atoms with E-state index in [1.165, 1.54) is 0 Å². The normalized spacial score (nSPS) is 44.4. The lowest BCUT2D eigenvalue weighted by Crippen LogP contribution is -2.41. The molecular formula is C8H12FNO5. The summed E-state index contributed by atoms with van der Waals surface area (Å²) in [7, 11) is 0. The second-order valence-corrected chi connectivity index (χ2v) is 3.71. The van der Waals surface area contributed by atoms with Crippen LogP contribution in [0.1, 0.15) is 0 Å². The summed E-state index contributed by atoms with van der Waals surface area (Å²) in [6.07, 6.45) is -4.42. The molecule has 2 aliphatic rings. The predicted molar refractivity (Wildman–Crippen MR) is 44.8 cm³/mol. The van der Waals surface area contributed by atoms with Gasteiger partial charge in [0, 0.05) is 0 Å². The molecule has 0 radical (unpaired) electrons. The number of cyclic esters (lactones) is 1. The molecule has 0 unspecified atom stereocenters. The van der Waals surface area contributed by atoms with Gasteiger partial charge in [0.05, 0.1) is 12.6 Å². The third-order valence-corrected chi connectivity index (χ3v) is 2.96. The number of carbonyl (C=O) groups excluding carboxylic acids is 1. The van der Waals surface area contributed by atoms with Crippen molar-refractivity contribution < 1.29 is 29.2 Å². The van der Waals surface area contributed by atoms with Crippen LogP contribution >= 0.6 is 0 Å². The molecule has 2 saturated heterocycles. The molecule has 0 aromatic carbocycles. The van der Waals surface area contributed by atoms with Crippen molar-refractivity contribution in [1.82, 2.24) is 4.90 Å². The highest BCUT2D eigenvalue weighted by Gasteiger charge is 2.58. The zero-order valence-electron chi connectivity index (χ0n) is 7.78. The first-order valence-corrected chi connectivity index (χ1v) is 4.63. The fraction of sp³-hybridized carbons (Fsp3) is 0.875. The van der Waals surface area contributed by atoms with Crippen LogP contribution in [0.25, 0.3) is 0 Å². The summed E-state index contributed by atoms with van der Waals surface area (Å²) in [6.45, 7) is -1.42. The standard InChI is InChI=1S/C8H12FNO5/c9-1-4-5-7(13)6(12)3(2-11)10(5)8(14)15-4/h3-7,11-13H,1-2H2/t3-,4-,5-,6-,7-/m0/s1. The van der Waals surface area contributed by atoms with Crippen LogP contribution in [0.15, 0.2) is 0 Å². The Morgan fingerprint density at radius 2 is 2.07 bits per heavy atom. The molecule has 0 aromatic rings. The van der Waals surface area contributed by atoms with Crippen LogP contribution in [0.2, 0.25) is 0 Å². The van der Waals surface area contributed by atoms with Crippen LogP contribution in [0.3, 0.4) is 0 Å². The molecule has 1 amide bonds. The van der Waals surface area contributed by atoms with Crippen molar-refractivity contribution in [2.24, 2.45) is 0 Å². The number of hydrogen-bond donors (Lipinski definition) is 3. The van der Waals surface area contributed by atoms with Crippen LogP contribution in [0, 0.1) is 0 Å². The number of alkyl halides is 1. The van der Waals surface area contributed by atoms with Crippen molar-refractivity contribution in [3.63, 3.8) is 0 Å². The van der Waals surface area contributed by atoms with Crippen LogP contribution in [0.5, 0.6) is 0 Å². The third kappa shape index (κ3) is 1.30. The van der Waals surface area contributed by atoms with E-state index >= 15 is 0 Å². The molecule has 0 bridgehead atoms. The number of aliphatic hydroxyl groups excluding tert-OH is 3. The molecule has 86 valence electrons. The topological polar surface area (TPSA) is 90.2 Å². The van der Waals surface area contributed by atoms with E-state index < -0.39 is 49.8 Å². The number of carbonyl (C=O) groups is 1. The number of halogens is 1. The van der Waals surface area contributed by atoms with E-state index in [1.807, 2.05) is 0 Å². The maximum Gasteiger partial charge on any atom is 0.411 e. The summed E-state index contributed by atoms with van der Waals surface area (Å²) in [5.74, 6) is 0. The Balaban J connectivity index is 2.28. The zero-order chi connectivity index (χ0) is 11.2. The van der Waals surface area contributed by atoms with Gasteiger partial charge in [-0.2, -0.15) is 0 Å².